The van der Waals surface area contributed by atoms with Crippen LogP contribution in [0.5, 0.6) is 0 Å². The van der Waals surface area contributed by atoms with Crippen LogP contribution in [0.4, 0.5) is 0 Å². The highest BCUT2D eigenvalue weighted by Gasteiger charge is 2.33. The van der Waals surface area contributed by atoms with Crippen LogP contribution in [0.3, 0.4) is 0 Å². The van der Waals surface area contributed by atoms with E-state index in [4.69, 9.17) is 5.73 Å². The molecule has 0 spiro atoms. The molecule has 3 N–H and O–H groups in total. The lowest BCUT2D eigenvalue weighted by molar-refractivity contribution is 0.0518. The first-order valence-corrected chi connectivity index (χ1v) is 9.62. The average Bonchev–Trinajstić information content (AvgIpc) is 2.57. The van der Waals surface area contributed by atoms with Crippen molar-refractivity contribution in [1.82, 2.24) is 0 Å². The first-order chi connectivity index (χ1) is 11.4. The third kappa shape index (κ3) is 5.10. The fourth-order valence-corrected chi connectivity index (χ4v) is 4.00. The van der Waals surface area contributed by atoms with Gasteiger partial charge < -0.3 is 10.8 Å². The van der Waals surface area contributed by atoms with Gasteiger partial charge in [-0.2, -0.15) is 0 Å². The third-order valence-electron chi connectivity index (χ3n) is 4.35. The van der Waals surface area contributed by atoms with Crippen LogP contribution in [0, 0.1) is 5.92 Å². The molecule has 130 valence electrons. The maximum absolute atomic E-state index is 10.8. The molecule has 0 radical (unpaired) electrons. The van der Waals surface area contributed by atoms with E-state index in [1.807, 2.05) is 36.9 Å². The van der Waals surface area contributed by atoms with E-state index in [1.54, 1.807) is 0 Å². The van der Waals surface area contributed by atoms with Crippen molar-refractivity contribution >= 4 is 11.8 Å². The molecular weight excluding hydrogens is 314 g/mol. The molecule has 0 aliphatic heterocycles. The van der Waals surface area contributed by atoms with E-state index in [0.717, 1.165) is 22.8 Å². The van der Waals surface area contributed by atoms with Gasteiger partial charge in [0, 0.05) is 17.4 Å². The van der Waals surface area contributed by atoms with Gasteiger partial charge in [0.1, 0.15) is 0 Å². The molecule has 2 aromatic rings. The Bertz CT molecular complexity index is 607. The van der Waals surface area contributed by atoms with Gasteiger partial charge in [-0.1, -0.05) is 56.3 Å². The molecule has 2 nitrogen and oxygen atoms in total. The van der Waals surface area contributed by atoms with E-state index in [-0.39, 0.29) is 12.5 Å². The van der Waals surface area contributed by atoms with E-state index in [0.29, 0.717) is 0 Å². The van der Waals surface area contributed by atoms with Crippen molar-refractivity contribution in [2.45, 2.75) is 43.6 Å². The van der Waals surface area contributed by atoms with Crippen molar-refractivity contribution in [3.8, 4) is 0 Å². The Balaban J connectivity index is 2.21. The molecule has 0 saturated heterocycles. The number of thioether (sulfide) groups is 1. The summed E-state index contributed by atoms with van der Waals surface area (Å²) in [7, 11) is 0. The van der Waals surface area contributed by atoms with Gasteiger partial charge in [-0.05, 0) is 48.3 Å². The molecule has 0 amide bonds. The highest BCUT2D eigenvalue weighted by atomic mass is 32.2. The van der Waals surface area contributed by atoms with Crippen LogP contribution in [0.25, 0.3) is 0 Å². The summed E-state index contributed by atoms with van der Waals surface area (Å²) in [6.45, 7) is 6.54. The molecule has 0 aromatic heterocycles. The summed E-state index contributed by atoms with van der Waals surface area (Å²) in [5, 5.41) is 10.8. The van der Waals surface area contributed by atoms with Crippen LogP contribution < -0.4 is 5.73 Å². The Morgan fingerprint density at radius 2 is 1.58 bits per heavy atom. The smallest absolute Gasteiger partial charge is 0.0849 e. The summed E-state index contributed by atoms with van der Waals surface area (Å²) in [5.74, 6) is 1.75. The second kappa shape index (κ2) is 8.70. The van der Waals surface area contributed by atoms with Crippen molar-refractivity contribution in [1.29, 1.82) is 0 Å². The van der Waals surface area contributed by atoms with E-state index in [1.165, 1.54) is 11.3 Å². The lowest BCUT2D eigenvalue weighted by Gasteiger charge is -2.32. The summed E-state index contributed by atoms with van der Waals surface area (Å²) in [5.41, 5.74) is 7.07. The molecule has 0 fully saturated rings. The number of hydrogen-bond acceptors (Lipinski definition) is 3. The van der Waals surface area contributed by atoms with Crippen LogP contribution in [0.15, 0.2) is 59.5 Å². The minimum atomic E-state index is -0.979. The van der Waals surface area contributed by atoms with Crippen LogP contribution >= 0.6 is 11.8 Å². The first-order valence-electron chi connectivity index (χ1n) is 8.64. The SMILES string of the molecule is CC(C)CCSc1ccc(C(c2ccccc2)C(C)(O)CN)cc1. The Morgan fingerprint density at radius 1 is 1.00 bits per heavy atom. The Labute approximate surface area is 150 Å². The van der Waals surface area contributed by atoms with Crippen molar-refractivity contribution in [2.75, 3.05) is 12.3 Å². The summed E-state index contributed by atoms with van der Waals surface area (Å²) in [4.78, 5) is 1.28. The van der Waals surface area contributed by atoms with Gasteiger partial charge >= 0.3 is 0 Å². The molecule has 0 heterocycles. The zero-order valence-electron chi connectivity index (χ0n) is 14.9. The molecule has 0 bridgehead atoms. The van der Waals surface area contributed by atoms with E-state index in [9.17, 15) is 5.11 Å². The lowest BCUT2D eigenvalue weighted by Crippen LogP contribution is -2.41. The van der Waals surface area contributed by atoms with Gasteiger partial charge in [-0.25, -0.2) is 0 Å². The molecule has 0 saturated carbocycles. The molecule has 2 rings (SSSR count). The van der Waals surface area contributed by atoms with Gasteiger partial charge in [0.2, 0.25) is 0 Å². The van der Waals surface area contributed by atoms with E-state index in [2.05, 4.69) is 50.2 Å². The summed E-state index contributed by atoms with van der Waals surface area (Å²) < 4.78 is 0. The number of nitrogens with two attached hydrogens (primary N) is 1. The minimum absolute atomic E-state index is 0.126. The minimum Gasteiger partial charge on any atom is -0.388 e. The van der Waals surface area contributed by atoms with Crippen molar-refractivity contribution < 1.29 is 5.11 Å². The molecule has 3 heteroatoms. The van der Waals surface area contributed by atoms with Gasteiger partial charge in [-0.15, -0.1) is 11.8 Å². The average molecular weight is 344 g/mol. The predicted octanol–water partition coefficient (Wildman–Crippen LogP) is 4.67. The Morgan fingerprint density at radius 3 is 2.12 bits per heavy atom. The fraction of sp³-hybridized carbons (Fsp3) is 0.429. The van der Waals surface area contributed by atoms with Gasteiger partial charge in [-0.3, -0.25) is 0 Å². The van der Waals surface area contributed by atoms with Crippen LogP contribution in [-0.4, -0.2) is 23.0 Å². The predicted molar refractivity (Wildman–Crippen MR) is 105 cm³/mol. The standard InChI is InChI=1S/C21H29NOS/c1-16(2)13-14-24-19-11-9-18(10-12-19)20(21(3,23)15-22)17-7-5-4-6-8-17/h4-12,16,20,23H,13-15,22H2,1-3H3. The molecule has 2 atom stereocenters. The number of aliphatic hydroxyl groups is 1. The summed E-state index contributed by atoms with van der Waals surface area (Å²) in [6.07, 6.45) is 1.22. The van der Waals surface area contributed by atoms with E-state index < -0.39 is 5.60 Å². The maximum atomic E-state index is 10.8. The molecule has 0 aliphatic rings. The van der Waals surface area contributed by atoms with Gasteiger partial charge in [0.25, 0.3) is 0 Å². The zero-order chi connectivity index (χ0) is 17.6. The number of hydrogen-bond donors (Lipinski definition) is 2. The molecule has 0 aliphatic carbocycles. The molecule has 2 aromatic carbocycles. The summed E-state index contributed by atoms with van der Waals surface area (Å²) >= 11 is 1.89. The molecule has 24 heavy (non-hydrogen) atoms. The lowest BCUT2D eigenvalue weighted by atomic mass is 9.78. The number of benzene rings is 2. The zero-order valence-corrected chi connectivity index (χ0v) is 15.7. The van der Waals surface area contributed by atoms with Gasteiger partial charge in [0.05, 0.1) is 5.60 Å². The normalized spacial score (nSPS) is 15.2. The van der Waals surface area contributed by atoms with Crippen LogP contribution in [0.2, 0.25) is 0 Å². The highest BCUT2D eigenvalue weighted by molar-refractivity contribution is 7.99. The second-order valence-corrected chi connectivity index (χ2v) is 8.17. The van der Waals surface area contributed by atoms with Crippen molar-refractivity contribution in [2.24, 2.45) is 11.7 Å². The maximum Gasteiger partial charge on any atom is 0.0849 e. The monoisotopic (exact) mass is 343 g/mol. The van der Waals surface area contributed by atoms with Crippen LogP contribution in [-0.2, 0) is 0 Å². The van der Waals surface area contributed by atoms with Gasteiger partial charge in [0.15, 0.2) is 0 Å². The summed E-state index contributed by atoms with van der Waals surface area (Å²) in [6, 6.07) is 18.7. The van der Waals surface area contributed by atoms with E-state index >= 15 is 0 Å². The number of rotatable bonds is 8. The highest BCUT2D eigenvalue weighted by Crippen LogP contribution is 2.35. The van der Waals surface area contributed by atoms with Crippen molar-refractivity contribution in [3.05, 3.63) is 65.7 Å². The fourth-order valence-electron chi connectivity index (χ4n) is 2.84. The van der Waals surface area contributed by atoms with Crippen molar-refractivity contribution in [3.63, 3.8) is 0 Å². The van der Waals surface area contributed by atoms with Crippen LogP contribution in [0.1, 0.15) is 44.2 Å². The molecule has 2 unspecified atom stereocenters. The first kappa shape index (κ1) is 19.0. The topological polar surface area (TPSA) is 46.2 Å². The Kier molecular flexibility index (Phi) is 6.90. The molecular formula is C21H29NOS. The second-order valence-electron chi connectivity index (χ2n) is 7.01. The largest absolute Gasteiger partial charge is 0.388 e. The third-order valence-corrected chi connectivity index (χ3v) is 5.39. The Hall–Kier alpha value is -1.29. The quantitative estimate of drug-likeness (QED) is 0.685.